The molecule has 740 valence electrons. The number of nitrogens with one attached hydrogen (secondary N) is 1. The van der Waals surface area contributed by atoms with Crippen molar-refractivity contribution in [1.82, 2.24) is 79.3 Å². The number of hydrogen-bond donors (Lipinski definition) is 1. The van der Waals surface area contributed by atoms with Crippen LogP contribution < -0.4 is 5.32 Å². The molecular formula is C117H137FN16O8. The first kappa shape index (κ1) is 103. The molecule has 14 aromatic rings. The van der Waals surface area contributed by atoms with E-state index < -0.39 is 0 Å². The summed E-state index contributed by atoms with van der Waals surface area (Å²) in [4.78, 5) is 84.0. The Labute approximate surface area is 835 Å². The van der Waals surface area contributed by atoms with E-state index in [0.29, 0.717) is 122 Å². The number of carbonyl (C=O) groups is 4. The summed E-state index contributed by atoms with van der Waals surface area (Å²) in [5.74, 6) is 7.21. The summed E-state index contributed by atoms with van der Waals surface area (Å²) < 4.78 is 42.8. The van der Waals surface area contributed by atoms with Crippen LogP contribution in [0.15, 0.2) is 238 Å². The maximum atomic E-state index is 14.0. The monoisotopic (exact) mass is 1910 g/mol. The minimum absolute atomic E-state index is 0.0227. The van der Waals surface area contributed by atoms with Gasteiger partial charge in [-0.15, -0.1) is 0 Å². The molecule has 3 saturated carbocycles. The Morgan fingerprint density at radius 2 is 0.711 bits per heavy atom. The van der Waals surface area contributed by atoms with Crippen LogP contribution in [-0.4, -0.2) is 158 Å². The molecular weight excluding hydrogens is 1780 g/mol. The zero-order valence-corrected chi connectivity index (χ0v) is 84.6. The second-order valence-corrected chi connectivity index (χ2v) is 39.4. The molecule has 0 bridgehead atoms. The van der Waals surface area contributed by atoms with Crippen LogP contribution in [0.3, 0.4) is 0 Å². The van der Waals surface area contributed by atoms with Crippen molar-refractivity contribution in [2.24, 2.45) is 55.5 Å². The van der Waals surface area contributed by atoms with Crippen LogP contribution in [0, 0.1) is 95.7 Å². The van der Waals surface area contributed by atoms with Crippen molar-refractivity contribution >= 4 is 23.1 Å². The van der Waals surface area contributed by atoms with Gasteiger partial charge in [0.05, 0.1) is 45.5 Å². The van der Waals surface area contributed by atoms with Crippen molar-refractivity contribution in [2.45, 2.75) is 200 Å². The molecule has 18 rings (SSSR count). The van der Waals surface area contributed by atoms with Gasteiger partial charge in [-0.1, -0.05) is 140 Å². The van der Waals surface area contributed by atoms with Crippen LogP contribution in [0.2, 0.25) is 0 Å². The van der Waals surface area contributed by atoms with Gasteiger partial charge in [0, 0.05) is 215 Å². The molecule has 8 aromatic heterocycles. The number of para-hydroxylation sites is 2. The van der Waals surface area contributed by atoms with Gasteiger partial charge in [0.1, 0.15) is 46.4 Å². The molecule has 25 heteroatoms. The smallest absolute Gasteiger partial charge is 0.139 e. The molecule has 4 aliphatic rings. The van der Waals surface area contributed by atoms with Crippen molar-refractivity contribution < 1.29 is 42.5 Å². The quantitative estimate of drug-likeness (QED) is 0.0376. The van der Waals surface area contributed by atoms with Gasteiger partial charge in [-0.3, -0.25) is 33.5 Å². The number of pyridine rings is 1. The van der Waals surface area contributed by atoms with Gasteiger partial charge in [0.25, 0.3) is 0 Å². The molecule has 1 saturated heterocycles. The number of ether oxygens (including phenoxy) is 4. The van der Waals surface area contributed by atoms with Gasteiger partial charge in [-0.25, -0.2) is 43.7 Å². The third-order valence-corrected chi connectivity index (χ3v) is 29.2. The summed E-state index contributed by atoms with van der Waals surface area (Å²) in [6, 6.07) is 65.4. The molecule has 0 radical (unpaired) electrons. The van der Waals surface area contributed by atoms with E-state index >= 15 is 0 Å². The molecule has 12 atom stereocenters. The number of aromatic nitrogens is 15. The summed E-state index contributed by atoms with van der Waals surface area (Å²) in [5.41, 5.74) is 20.9. The molecule has 0 spiro atoms. The van der Waals surface area contributed by atoms with Crippen molar-refractivity contribution in [1.29, 1.82) is 0 Å². The molecule has 6 aromatic carbocycles. The number of ketones is 4. The van der Waals surface area contributed by atoms with Gasteiger partial charge < -0.3 is 24.3 Å². The standard InChI is InChI=1S/C32H36FN5O2.C32H36N4O2.C27H33N3O2.C26H32N4O2/c1-20-14-23(10-11-29(20)33)32-24(15-26(36-32)12-13-40-4)16-28(39)17-30-21(2)31(25-18-34-22(3)35-19-25)37-38(30)27-8-6-5-7-9-27;1-22-31(36(28-12-8-5-9-13-28)35-32(22)27-20-33-23(2)34-21-27)19-29(37)18-26-16-24(14-15-38-3)17-30(26)25-10-6-4-7-11-25;1-19-9-10-22(18-28-19)27-17-24(30(2)29-27)16-25(31)15-23-13-20(11-12-32-3)14-26(23)21-7-5-4-6-8-21;1-18-27-16-22(17-28-18)26-15-23(30(2)29-26)14-24(31)13-21-11-19(9-10-32-3)12-25(21)20-7-5-4-6-8-20/h5-11,14,18-19,24,26,32,36H,12-13,15-17H2,1-4H3;4-13,20-21,24,26,30H,14-19H2,1-3H3;4-10,17-18,20,23,26H,11-16H2,1-3H3;4-8,15-17,19,21,25H,9-14H2,1-3H3/t24-,26+,32-;24-,26+,30+;20-,23+,26+;19-,21+,25+/m0111/s1. The number of hydrogen-bond acceptors (Lipinski definition) is 20. The number of rotatable bonds is 38. The van der Waals surface area contributed by atoms with Gasteiger partial charge in [-0.05, 0) is 272 Å². The van der Waals surface area contributed by atoms with Crippen molar-refractivity contribution in [3.63, 3.8) is 0 Å². The molecule has 1 aliphatic heterocycles. The molecule has 4 fully saturated rings. The van der Waals surface area contributed by atoms with E-state index in [2.05, 4.69) is 141 Å². The Morgan fingerprint density at radius 1 is 0.359 bits per heavy atom. The highest BCUT2D eigenvalue weighted by molar-refractivity contribution is 5.84. The van der Waals surface area contributed by atoms with E-state index in [1.807, 2.05) is 185 Å². The molecule has 24 nitrogen and oxygen atoms in total. The lowest BCUT2D eigenvalue weighted by Gasteiger charge is -2.20. The van der Waals surface area contributed by atoms with Gasteiger partial charge in [0.2, 0.25) is 0 Å². The summed E-state index contributed by atoms with van der Waals surface area (Å²) >= 11 is 0. The average molecular weight is 1910 g/mol. The first-order chi connectivity index (χ1) is 68.9. The second kappa shape index (κ2) is 50.1. The molecule has 0 unspecified atom stereocenters. The van der Waals surface area contributed by atoms with E-state index in [1.54, 1.807) is 64.8 Å². The van der Waals surface area contributed by atoms with E-state index in [9.17, 15) is 23.6 Å². The minimum Gasteiger partial charge on any atom is -0.385 e. The van der Waals surface area contributed by atoms with Crippen LogP contribution in [0.4, 0.5) is 4.39 Å². The highest BCUT2D eigenvalue weighted by atomic mass is 19.1. The number of nitrogens with zero attached hydrogens (tertiary/aromatic N) is 15. The predicted molar refractivity (Wildman–Crippen MR) is 553 cm³/mol. The Hall–Kier alpha value is -13.0. The van der Waals surface area contributed by atoms with Crippen LogP contribution in [0.25, 0.3) is 56.4 Å². The number of Topliss-reactive ketones (excluding diaryl/α,β-unsaturated/α-hetero) is 4. The highest BCUT2D eigenvalue weighted by Crippen LogP contribution is 2.50. The van der Waals surface area contributed by atoms with Crippen molar-refractivity contribution in [3.05, 3.63) is 328 Å². The van der Waals surface area contributed by atoms with Crippen LogP contribution in [0.1, 0.15) is 205 Å². The lowest BCUT2D eigenvalue weighted by atomic mass is 9.85. The minimum atomic E-state index is -0.218. The predicted octanol–water partition coefficient (Wildman–Crippen LogP) is 21.6. The Morgan fingerprint density at radius 3 is 1.08 bits per heavy atom. The third-order valence-electron chi connectivity index (χ3n) is 29.2. The number of halogens is 1. The summed E-state index contributed by atoms with van der Waals surface area (Å²) in [7, 11) is 10.8. The Bertz CT molecular complexity index is 6250. The largest absolute Gasteiger partial charge is 0.385 e. The second-order valence-electron chi connectivity index (χ2n) is 39.4. The Kier molecular flexibility index (Phi) is 36.4. The van der Waals surface area contributed by atoms with Crippen molar-refractivity contribution in [2.75, 3.05) is 54.9 Å². The number of benzene rings is 6. The summed E-state index contributed by atoms with van der Waals surface area (Å²) in [6.07, 6.45) is 27.8. The fourth-order valence-corrected chi connectivity index (χ4v) is 21.8. The number of aryl methyl sites for hydroxylation is 7. The van der Waals surface area contributed by atoms with Gasteiger partial charge in [-0.2, -0.15) is 20.4 Å². The maximum absolute atomic E-state index is 14.0. The molecule has 3 aliphatic carbocycles. The fraction of sp³-hybridized carbons (Fsp3) is 0.410. The number of carbonyl (C=O) groups excluding carboxylic acids is 4. The zero-order chi connectivity index (χ0) is 99.7. The first-order valence-electron chi connectivity index (χ1n) is 50.3. The van der Waals surface area contributed by atoms with Crippen LogP contribution >= 0.6 is 0 Å². The molecule has 142 heavy (non-hydrogen) atoms. The summed E-state index contributed by atoms with van der Waals surface area (Å²) in [5, 5.41) is 22.7. The first-order valence-corrected chi connectivity index (χ1v) is 50.3. The third kappa shape index (κ3) is 27.2. The lowest BCUT2D eigenvalue weighted by molar-refractivity contribution is -0.120. The lowest BCUT2D eigenvalue weighted by Crippen LogP contribution is -2.26. The highest BCUT2D eigenvalue weighted by Gasteiger charge is 2.41. The van der Waals surface area contributed by atoms with E-state index in [-0.39, 0.29) is 47.6 Å². The topological polar surface area (TPSA) is 279 Å². The molecule has 0 amide bonds. The maximum Gasteiger partial charge on any atom is 0.139 e. The van der Waals surface area contributed by atoms with Crippen LogP contribution in [0.5, 0.6) is 0 Å². The Balaban J connectivity index is 0.000000143. The number of methoxy groups -OCH3 is 4. The van der Waals surface area contributed by atoms with E-state index in [4.69, 9.17) is 29.1 Å². The molecule has 9 heterocycles. The zero-order valence-electron chi connectivity index (χ0n) is 84.6. The fourth-order valence-electron chi connectivity index (χ4n) is 21.8. The normalized spacial score (nSPS) is 19.6. The van der Waals surface area contributed by atoms with Crippen LogP contribution in [-0.2, 0) is 77.9 Å². The van der Waals surface area contributed by atoms with E-state index in [1.165, 1.54) is 22.8 Å². The molecule has 1 N–H and O–H groups in total. The average Bonchev–Trinajstić information content (AvgIpc) is 1.63. The van der Waals surface area contributed by atoms with Gasteiger partial charge in [0.15, 0.2) is 0 Å². The van der Waals surface area contributed by atoms with E-state index in [0.717, 1.165) is 204 Å². The SMILES string of the molecule is COCC[C@@H]1C[C@@H](CC(=O)Cc2c(C)c(-c3cnc(C)nc3)nn2-c2ccccc2)[C@H](c2ccc(F)c(C)c2)N1.COCC[C@@H]1C[C@@H](CC(=O)Cc2c(C)c(-c3cnc(C)nc3)nn2-c2ccccc2)[C@H](c2ccccc2)C1.COCC[C@@H]1C[C@@H](CC(=O)Cc2cc(-c3ccc(C)nc3)nn2C)[C@H](c2ccccc2)C1.COCC[C@@H]1C[C@@H](CC(=O)Cc2cc(-c3cnc(C)nc3)nn2C)[C@H](c2ccccc2)C1. The summed E-state index contributed by atoms with van der Waals surface area (Å²) in [6.45, 7) is 16.4. The van der Waals surface area contributed by atoms with Crippen molar-refractivity contribution in [3.8, 4) is 56.4 Å². The van der Waals surface area contributed by atoms with Gasteiger partial charge >= 0.3 is 0 Å².